The summed E-state index contributed by atoms with van der Waals surface area (Å²) in [7, 11) is 0. The lowest BCUT2D eigenvalue weighted by molar-refractivity contribution is 0.176. The van der Waals surface area contributed by atoms with Gasteiger partial charge in [-0.1, -0.05) is 18.1 Å². The summed E-state index contributed by atoms with van der Waals surface area (Å²) in [6.45, 7) is 11.8. The first kappa shape index (κ1) is 15.2. The fourth-order valence-corrected chi connectivity index (χ4v) is 5.47. The van der Waals surface area contributed by atoms with E-state index in [9.17, 15) is 0 Å². The van der Waals surface area contributed by atoms with Gasteiger partial charge in [-0.05, 0) is 84.0 Å². The van der Waals surface area contributed by atoms with Gasteiger partial charge >= 0.3 is 0 Å². The number of allylic oxidation sites excluding steroid dienone is 2. The van der Waals surface area contributed by atoms with Crippen LogP contribution in [0.5, 0.6) is 0 Å². The van der Waals surface area contributed by atoms with Crippen LogP contribution in [0.1, 0.15) is 79.6 Å². The molecule has 2 saturated carbocycles. The van der Waals surface area contributed by atoms with Crippen LogP contribution in [0.25, 0.3) is 0 Å². The maximum Gasteiger partial charge on any atom is 0.0921 e. The third-order valence-corrected chi connectivity index (χ3v) is 7.42. The van der Waals surface area contributed by atoms with E-state index in [4.69, 9.17) is 9.47 Å². The monoisotopic (exact) mass is 304 g/mol. The van der Waals surface area contributed by atoms with Crippen molar-refractivity contribution in [2.45, 2.75) is 103 Å². The first-order valence-corrected chi connectivity index (χ1v) is 9.28. The third-order valence-electron chi connectivity index (χ3n) is 7.42. The van der Waals surface area contributed by atoms with Gasteiger partial charge in [0.15, 0.2) is 0 Å². The predicted octanol–water partition coefficient (Wildman–Crippen LogP) is 5.02. The minimum absolute atomic E-state index is 0.137. The molecule has 22 heavy (non-hydrogen) atoms. The molecule has 2 heteroatoms. The number of hydrogen-bond acceptors (Lipinski definition) is 2. The topological polar surface area (TPSA) is 25.1 Å². The molecule has 2 saturated heterocycles. The van der Waals surface area contributed by atoms with Crippen LogP contribution in [0.4, 0.5) is 0 Å². The van der Waals surface area contributed by atoms with Gasteiger partial charge in [-0.15, -0.1) is 0 Å². The molecular weight excluding hydrogens is 272 g/mol. The SMILES string of the molecule is CC(C)=C1CCC2(C)CC3OC3(C)CCC3OC3(C)CCC12. The maximum atomic E-state index is 6.17. The highest BCUT2D eigenvalue weighted by Crippen LogP contribution is 2.59. The van der Waals surface area contributed by atoms with Crippen LogP contribution < -0.4 is 0 Å². The van der Waals surface area contributed by atoms with Crippen molar-refractivity contribution in [1.82, 2.24) is 0 Å². The number of ether oxygens (including phenoxy) is 2. The summed E-state index contributed by atoms with van der Waals surface area (Å²) in [5.74, 6) is 0.741. The highest BCUT2D eigenvalue weighted by atomic mass is 16.6. The average Bonchev–Trinajstić information content (AvgIpc) is 3.22. The minimum atomic E-state index is 0.137. The molecule has 6 atom stereocenters. The molecule has 0 bridgehead atoms. The Bertz CT molecular complexity index is 520. The molecule has 0 spiro atoms. The van der Waals surface area contributed by atoms with Gasteiger partial charge in [0.05, 0.1) is 23.4 Å². The number of fused-ring (bicyclic) bond motifs is 3. The molecule has 2 aliphatic carbocycles. The highest BCUT2D eigenvalue weighted by Gasteiger charge is 2.60. The molecule has 0 aromatic carbocycles. The Balaban J connectivity index is 1.64. The van der Waals surface area contributed by atoms with E-state index in [2.05, 4.69) is 34.6 Å². The van der Waals surface area contributed by atoms with E-state index in [1.807, 2.05) is 0 Å². The second-order valence-electron chi connectivity index (χ2n) is 9.35. The third kappa shape index (κ3) is 2.29. The van der Waals surface area contributed by atoms with Crippen molar-refractivity contribution < 1.29 is 9.47 Å². The van der Waals surface area contributed by atoms with Crippen molar-refractivity contribution in [1.29, 1.82) is 0 Å². The van der Waals surface area contributed by atoms with Crippen LogP contribution in [-0.2, 0) is 9.47 Å². The minimum Gasteiger partial charge on any atom is -0.366 e. The molecule has 0 amide bonds. The van der Waals surface area contributed by atoms with E-state index in [0.717, 1.165) is 5.92 Å². The van der Waals surface area contributed by atoms with E-state index in [1.165, 1.54) is 44.9 Å². The summed E-state index contributed by atoms with van der Waals surface area (Å²) >= 11 is 0. The smallest absolute Gasteiger partial charge is 0.0921 e. The van der Waals surface area contributed by atoms with Crippen LogP contribution in [0, 0.1) is 11.3 Å². The first-order valence-electron chi connectivity index (χ1n) is 9.28. The molecule has 0 radical (unpaired) electrons. The van der Waals surface area contributed by atoms with Gasteiger partial charge in [0.1, 0.15) is 0 Å². The standard InChI is InChI=1S/C20H32O2/c1-13(2)14-6-9-18(3)12-17-20(5,22-17)11-8-16-19(4,21-16)10-7-15(14)18/h15-17H,6-12H2,1-5H3. The van der Waals surface area contributed by atoms with Gasteiger partial charge in [-0.2, -0.15) is 0 Å². The zero-order valence-corrected chi connectivity index (χ0v) is 15.0. The Morgan fingerprint density at radius 1 is 0.909 bits per heavy atom. The summed E-state index contributed by atoms with van der Waals surface area (Å²) in [6.07, 6.45) is 9.75. The van der Waals surface area contributed by atoms with Crippen LogP contribution >= 0.6 is 0 Å². The summed E-state index contributed by atoms with van der Waals surface area (Å²) in [4.78, 5) is 0. The van der Waals surface area contributed by atoms with Crippen molar-refractivity contribution in [2.24, 2.45) is 11.3 Å². The molecule has 0 N–H and O–H groups in total. The van der Waals surface area contributed by atoms with Crippen LogP contribution in [0.15, 0.2) is 11.1 Å². The molecule has 0 aromatic rings. The fourth-order valence-electron chi connectivity index (χ4n) is 5.47. The van der Waals surface area contributed by atoms with Crippen LogP contribution in [0.2, 0.25) is 0 Å². The Labute approximate surface area is 135 Å². The molecule has 4 rings (SSSR count). The molecule has 4 aliphatic rings. The Kier molecular flexibility index (Phi) is 3.18. The Morgan fingerprint density at radius 3 is 2.27 bits per heavy atom. The van der Waals surface area contributed by atoms with Crippen LogP contribution in [-0.4, -0.2) is 23.4 Å². The van der Waals surface area contributed by atoms with Crippen molar-refractivity contribution in [2.75, 3.05) is 0 Å². The zero-order valence-electron chi connectivity index (χ0n) is 15.0. The fraction of sp³-hybridized carbons (Fsp3) is 0.900. The molecular formula is C20H32O2. The second-order valence-corrected chi connectivity index (χ2v) is 9.35. The van der Waals surface area contributed by atoms with Crippen molar-refractivity contribution in [3.63, 3.8) is 0 Å². The van der Waals surface area contributed by atoms with Crippen molar-refractivity contribution in [3.05, 3.63) is 11.1 Å². The quantitative estimate of drug-likeness (QED) is 0.464. The molecule has 2 nitrogen and oxygen atoms in total. The molecule has 0 aromatic heterocycles. The Morgan fingerprint density at radius 2 is 1.55 bits per heavy atom. The summed E-state index contributed by atoms with van der Waals surface area (Å²) < 4.78 is 12.3. The highest BCUT2D eigenvalue weighted by molar-refractivity contribution is 5.23. The zero-order chi connectivity index (χ0) is 15.8. The van der Waals surface area contributed by atoms with E-state index in [-0.39, 0.29) is 11.2 Å². The molecule has 124 valence electrons. The lowest BCUT2D eigenvalue weighted by Gasteiger charge is -2.33. The number of epoxide rings is 2. The molecule has 2 heterocycles. The molecule has 6 unspecified atom stereocenters. The lowest BCUT2D eigenvalue weighted by atomic mass is 9.71. The Hall–Kier alpha value is -0.340. The van der Waals surface area contributed by atoms with E-state index < -0.39 is 0 Å². The number of hydrogen-bond donors (Lipinski definition) is 0. The molecule has 4 fully saturated rings. The van der Waals surface area contributed by atoms with E-state index in [1.54, 1.807) is 11.1 Å². The summed E-state index contributed by atoms with van der Waals surface area (Å²) in [5.41, 5.74) is 4.02. The maximum absolute atomic E-state index is 6.17. The van der Waals surface area contributed by atoms with Crippen molar-refractivity contribution in [3.8, 4) is 0 Å². The van der Waals surface area contributed by atoms with E-state index in [0.29, 0.717) is 17.6 Å². The normalized spacial score (nSPS) is 53.9. The van der Waals surface area contributed by atoms with Gasteiger partial charge in [-0.3, -0.25) is 0 Å². The van der Waals surface area contributed by atoms with Gasteiger partial charge in [0.25, 0.3) is 0 Å². The predicted molar refractivity (Wildman–Crippen MR) is 88.8 cm³/mol. The van der Waals surface area contributed by atoms with Gasteiger partial charge in [-0.25, -0.2) is 0 Å². The first-order chi connectivity index (χ1) is 10.3. The van der Waals surface area contributed by atoms with Gasteiger partial charge < -0.3 is 9.47 Å². The van der Waals surface area contributed by atoms with Gasteiger partial charge in [0, 0.05) is 0 Å². The van der Waals surface area contributed by atoms with E-state index >= 15 is 0 Å². The van der Waals surface area contributed by atoms with Crippen LogP contribution in [0.3, 0.4) is 0 Å². The molecule has 2 aliphatic heterocycles. The average molecular weight is 304 g/mol. The summed E-state index contributed by atoms with van der Waals surface area (Å²) in [5, 5.41) is 0. The lowest BCUT2D eigenvalue weighted by Crippen LogP contribution is -2.27. The number of rotatable bonds is 0. The summed E-state index contributed by atoms with van der Waals surface area (Å²) in [6, 6.07) is 0. The largest absolute Gasteiger partial charge is 0.366 e. The van der Waals surface area contributed by atoms with Gasteiger partial charge in [0.2, 0.25) is 0 Å². The van der Waals surface area contributed by atoms with Crippen molar-refractivity contribution >= 4 is 0 Å². The second kappa shape index (κ2) is 4.60.